The van der Waals surface area contributed by atoms with Crippen molar-refractivity contribution in [1.29, 1.82) is 0 Å². The summed E-state index contributed by atoms with van der Waals surface area (Å²) in [5.74, 6) is 0.408. The molecule has 3 aromatic rings. The van der Waals surface area contributed by atoms with Crippen molar-refractivity contribution in [2.24, 2.45) is 12.8 Å². The second kappa shape index (κ2) is 5.74. The Morgan fingerprint density at radius 2 is 1.92 bits per heavy atom. The number of aryl methyl sites for hydroxylation is 3. The van der Waals surface area contributed by atoms with Crippen LogP contribution in [0.5, 0.6) is 0 Å². The van der Waals surface area contributed by atoms with Gasteiger partial charge in [0.25, 0.3) is 0 Å². The van der Waals surface area contributed by atoms with Gasteiger partial charge in [0.1, 0.15) is 5.82 Å². The molecule has 0 amide bonds. The van der Waals surface area contributed by atoms with Crippen LogP contribution >= 0.6 is 0 Å². The van der Waals surface area contributed by atoms with Crippen LogP contribution in [0, 0.1) is 19.7 Å². The predicted octanol–water partition coefficient (Wildman–Crippen LogP) is 3.25. The molecule has 1 aliphatic carbocycles. The van der Waals surface area contributed by atoms with E-state index in [0.29, 0.717) is 11.4 Å². The Balaban J connectivity index is 1.88. The molecule has 0 saturated carbocycles. The quantitative estimate of drug-likeness (QED) is 0.779. The minimum Gasteiger partial charge on any atom is -0.324 e. The van der Waals surface area contributed by atoms with Gasteiger partial charge in [0.05, 0.1) is 7.05 Å². The molecule has 5 nitrogen and oxygen atoms in total. The zero-order valence-electron chi connectivity index (χ0n) is 14.5. The fraction of sp³-hybridized carbons (Fsp3) is 0.316. The summed E-state index contributed by atoms with van der Waals surface area (Å²) in [6.07, 6.45) is 1.61. The number of benzene rings is 2. The van der Waals surface area contributed by atoms with Gasteiger partial charge in [-0.05, 0) is 77.9 Å². The first-order valence-electron chi connectivity index (χ1n) is 8.38. The van der Waals surface area contributed by atoms with Gasteiger partial charge in [-0.2, -0.15) is 4.80 Å². The van der Waals surface area contributed by atoms with Gasteiger partial charge in [-0.1, -0.05) is 6.07 Å². The molecule has 0 aliphatic heterocycles. The molecular formula is C19H20FN5. The van der Waals surface area contributed by atoms with Gasteiger partial charge in [0.2, 0.25) is 5.82 Å². The number of aromatic nitrogens is 4. The highest BCUT2D eigenvalue weighted by Gasteiger charge is 2.27. The lowest BCUT2D eigenvalue weighted by atomic mass is 9.89. The van der Waals surface area contributed by atoms with Gasteiger partial charge in [-0.3, -0.25) is 0 Å². The highest BCUT2D eigenvalue weighted by Crippen LogP contribution is 2.41. The first-order chi connectivity index (χ1) is 12.0. The van der Waals surface area contributed by atoms with Crippen LogP contribution in [0.1, 0.15) is 34.7 Å². The van der Waals surface area contributed by atoms with Crippen molar-refractivity contribution in [3.8, 4) is 22.5 Å². The average molecular weight is 337 g/mol. The summed E-state index contributed by atoms with van der Waals surface area (Å²) in [6.45, 7) is 4.12. The smallest absolute Gasteiger partial charge is 0.204 e. The molecule has 2 aromatic carbocycles. The number of rotatable bonds is 2. The Morgan fingerprint density at radius 3 is 2.56 bits per heavy atom. The molecule has 0 fully saturated rings. The number of nitrogens with zero attached hydrogens (tertiary/aromatic N) is 4. The van der Waals surface area contributed by atoms with Gasteiger partial charge < -0.3 is 5.73 Å². The number of tetrazole rings is 1. The first kappa shape index (κ1) is 15.9. The number of halogens is 1. The second-order valence-corrected chi connectivity index (χ2v) is 6.72. The average Bonchev–Trinajstić information content (AvgIpc) is 3.16. The van der Waals surface area contributed by atoms with Crippen molar-refractivity contribution in [2.75, 3.05) is 0 Å². The van der Waals surface area contributed by atoms with Gasteiger partial charge in [-0.15, -0.1) is 10.2 Å². The van der Waals surface area contributed by atoms with Crippen LogP contribution < -0.4 is 5.73 Å². The lowest BCUT2D eigenvalue weighted by Gasteiger charge is -2.16. The van der Waals surface area contributed by atoms with E-state index in [2.05, 4.69) is 41.4 Å². The fourth-order valence-corrected chi connectivity index (χ4v) is 3.90. The van der Waals surface area contributed by atoms with Gasteiger partial charge in [0, 0.05) is 17.2 Å². The van der Waals surface area contributed by atoms with Crippen LogP contribution in [0.25, 0.3) is 22.5 Å². The number of hydrogen-bond donors (Lipinski definition) is 1. The molecule has 25 heavy (non-hydrogen) atoms. The molecule has 0 saturated heterocycles. The third-order valence-corrected chi connectivity index (χ3v) is 4.95. The van der Waals surface area contributed by atoms with E-state index in [1.165, 1.54) is 10.9 Å². The molecule has 0 unspecified atom stereocenters. The van der Waals surface area contributed by atoms with E-state index in [4.69, 9.17) is 5.73 Å². The summed E-state index contributed by atoms with van der Waals surface area (Å²) in [4.78, 5) is 1.45. The van der Waals surface area contributed by atoms with Crippen LogP contribution in [-0.2, 0) is 13.5 Å². The van der Waals surface area contributed by atoms with Crippen LogP contribution in [0.2, 0.25) is 0 Å². The first-order valence-corrected chi connectivity index (χ1v) is 8.38. The Bertz CT molecular complexity index is 953. The second-order valence-electron chi connectivity index (χ2n) is 6.72. The highest BCUT2D eigenvalue weighted by atomic mass is 19.1. The molecule has 1 aliphatic rings. The Labute approximate surface area is 145 Å². The summed E-state index contributed by atoms with van der Waals surface area (Å²) in [5.41, 5.74) is 13.2. The Morgan fingerprint density at radius 1 is 1.20 bits per heavy atom. The molecule has 128 valence electrons. The molecule has 6 heteroatoms. The molecule has 2 N–H and O–H groups in total. The lowest BCUT2D eigenvalue weighted by molar-refractivity contribution is 0.589. The largest absolute Gasteiger partial charge is 0.324 e. The fourth-order valence-electron chi connectivity index (χ4n) is 3.90. The van der Waals surface area contributed by atoms with Crippen LogP contribution in [0.4, 0.5) is 4.39 Å². The Kier molecular flexibility index (Phi) is 3.65. The van der Waals surface area contributed by atoms with E-state index in [1.54, 1.807) is 7.05 Å². The molecule has 0 radical (unpaired) electrons. The van der Waals surface area contributed by atoms with E-state index in [-0.39, 0.29) is 11.9 Å². The number of hydrogen-bond acceptors (Lipinski definition) is 4. The topological polar surface area (TPSA) is 69.6 Å². The van der Waals surface area contributed by atoms with E-state index in [0.717, 1.165) is 46.2 Å². The van der Waals surface area contributed by atoms with Crippen molar-refractivity contribution >= 4 is 0 Å². The third kappa shape index (κ3) is 2.53. The summed E-state index contributed by atoms with van der Waals surface area (Å²) >= 11 is 0. The molecule has 1 aromatic heterocycles. The minimum atomic E-state index is -0.210. The third-order valence-electron chi connectivity index (χ3n) is 4.95. The van der Waals surface area contributed by atoms with Crippen molar-refractivity contribution < 1.29 is 4.39 Å². The highest BCUT2D eigenvalue weighted by molar-refractivity contribution is 5.78. The number of nitrogens with two attached hydrogens (primary N) is 1. The summed E-state index contributed by atoms with van der Waals surface area (Å²) in [7, 11) is 1.75. The predicted molar refractivity (Wildman–Crippen MR) is 94.4 cm³/mol. The molecular weight excluding hydrogens is 317 g/mol. The molecule has 1 heterocycles. The SMILES string of the molecule is Cc1cc(-c2nnn(C)n2)cc(C)c1-c1ccc(F)c2c1CC[C@H]2N. The summed E-state index contributed by atoms with van der Waals surface area (Å²) < 4.78 is 14.2. The zero-order chi connectivity index (χ0) is 17.7. The van der Waals surface area contributed by atoms with Crippen molar-refractivity contribution in [2.45, 2.75) is 32.7 Å². The maximum absolute atomic E-state index is 14.2. The van der Waals surface area contributed by atoms with Gasteiger partial charge >= 0.3 is 0 Å². The van der Waals surface area contributed by atoms with Gasteiger partial charge in [-0.25, -0.2) is 4.39 Å². The van der Waals surface area contributed by atoms with Crippen LogP contribution in [-0.4, -0.2) is 20.2 Å². The number of fused-ring (bicyclic) bond motifs is 1. The molecule has 4 rings (SSSR count). The van der Waals surface area contributed by atoms with Crippen LogP contribution in [0.3, 0.4) is 0 Å². The van der Waals surface area contributed by atoms with Gasteiger partial charge in [0.15, 0.2) is 0 Å². The molecule has 0 bridgehead atoms. The van der Waals surface area contributed by atoms with Crippen LogP contribution in [0.15, 0.2) is 24.3 Å². The van der Waals surface area contributed by atoms with Crippen molar-refractivity contribution in [3.63, 3.8) is 0 Å². The lowest BCUT2D eigenvalue weighted by Crippen LogP contribution is -2.07. The normalized spacial score (nSPS) is 16.3. The maximum Gasteiger partial charge on any atom is 0.204 e. The standard InChI is InChI=1S/C19H20FN5/c1-10-8-12(19-22-24-25(3)23-19)9-11(2)17(10)13-4-6-15(20)18-14(13)5-7-16(18)21/h4,6,8-9,16H,5,7,21H2,1-3H3/t16-/m1/s1. The monoisotopic (exact) mass is 337 g/mol. The Hall–Kier alpha value is -2.60. The summed E-state index contributed by atoms with van der Waals surface area (Å²) in [6, 6.07) is 7.32. The van der Waals surface area contributed by atoms with E-state index >= 15 is 0 Å². The van der Waals surface area contributed by atoms with E-state index in [1.807, 2.05) is 6.07 Å². The minimum absolute atomic E-state index is 0.195. The summed E-state index contributed by atoms with van der Waals surface area (Å²) in [5, 5.41) is 12.3. The van der Waals surface area contributed by atoms with Crippen molar-refractivity contribution in [3.05, 3.63) is 52.3 Å². The zero-order valence-corrected chi connectivity index (χ0v) is 14.5. The molecule has 0 spiro atoms. The van der Waals surface area contributed by atoms with E-state index in [9.17, 15) is 4.39 Å². The molecule has 1 atom stereocenters. The maximum atomic E-state index is 14.2. The van der Waals surface area contributed by atoms with Crippen molar-refractivity contribution in [1.82, 2.24) is 20.2 Å². The van der Waals surface area contributed by atoms with E-state index < -0.39 is 0 Å².